The van der Waals surface area contributed by atoms with E-state index in [0.717, 1.165) is 51.1 Å². The van der Waals surface area contributed by atoms with Crippen LogP contribution in [-0.4, -0.2) is 55.1 Å². The minimum Gasteiger partial charge on any atom is -0.387 e. The highest BCUT2D eigenvalue weighted by Crippen LogP contribution is 2.20. The van der Waals surface area contributed by atoms with Crippen molar-refractivity contribution in [2.45, 2.75) is 50.4 Å². The maximum Gasteiger partial charge on any atom is 0.0916 e. The zero-order chi connectivity index (χ0) is 15.9. The molecule has 128 valence electrons. The monoisotopic (exact) mass is 319 g/mol. The Hall–Kier alpha value is -0.940. The second kappa shape index (κ2) is 8.78. The first-order valence-electron chi connectivity index (χ1n) is 9.00. The summed E-state index contributed by atoms with van der Waals surface area (Å²) >= 11 is 0. The number of hydrogen-bond donors (Lipinski definition) is 1. The molecule has 2 unspecified atom stereocenters. The van der Waals surface area contributed by atoms with Gasteiger partial charge < -0.3 is 19.5 Å². The molecule has 3 rings (SSSR count). The van der Waals surface area contributed by atoms with Crippen LogP contribution in [0.2, 0.25) is 0 Å². The predicted octanol–water partition coefficient (Wildman–Crippen LogP) is 2.77. The van der Waals surface area contributed by atoms with Crippen molar-refractivity contribution >= 4 is 0 Å². The summed E-state index contributed by atoms with van der Waals surface area (Å²) in [6, 6.07) is 9.92. The average Bonchev–Trinajstić information content (AvgIpc) is 2.63. The topological polar surface area (TPSA) is 41.9 Å². The number of nitrogens with zero attached hydrogens (tertiary/aromatic N) is 1. The van der Waals surface area contributed by atoms with Crippen LogP contribution in [0.3, 0.4) is 0 Å². The molecule has 4 nitrogen and oxygen atoms in total. The van der Waals surface area contributed by atoms with Crippen LogP contribution in [0.4, 0.5) is 0 Å². The molecule has 2 saturated heterocycles. The summed E-state index contributed by atoms with van der Waals surface area (Å²) in [6.45, 7) is 4.35. The Bertz CT molecular complexity index is 439. The van der Waals surface area contributed by atoms with Crippen molar-refractivity contribution < 1.29 is 14.6 Å². The Kier molecular flexibility index (Phi) is 6.46. The van der Waals surface area contributed by atoms with Gasteiger partial charge in [0.05, 0.1) is 24.9 Å². The number of β-amino-alcohol motifs (C(OH)–C–C–N with tert-alkyl or cyclic N) is 1. The standard InChI is InChI=1S/C19H29NO3/c21-19(16-6-2-1-3-7-16)14-20-11-9-17(10-12-20)23-15-18-8-4-5-13-22-18/h1-3,6-7,17-19,21H,4-5,8-15H2. The summed E-state index contributed by atoms with van der Waals surface area (Å²) in [7, 11) is 0. The number of aliphatic hydroxyl groups is 1. The quantitative estimate of drug-likeness (QED) is 0.875. The molecule has 0 spiro atoms. The molecular weight excluding hydrogens is 290 g/mol. The Morgan fingerprint density at radius 2 is 1.91 bits per heavy atom. The van der Waals surface area contributed by atoms with Gasteiger partial charge in [0.15, 0.2) is 0 Å². The van der Waals surface area contributed by atoms with Crippen LogP contribution in [0, 0.1) is 0 Å². The van der Waals surface area contributed by atoms with Gasteiger partial charge in [-0.3, -0.25) is 0 Å². The minimum absolute atomic E-state index is 0.307. The van der Waals surface area contributed by atoms with Crippen molar-refractivity contribution in [3.63, 3.8) is 0 Å². The number of likely N-dealkylation sites (tertiary alicyclic amines) is 1. The lowest BCUT2D eigenvalue weighted by Gasteiger charge is -2.34. The molecule has 0 aromatic heterocycles. The molecular formula is C19H29NO3. The number of ether oxygens (including phenoxy) is 2. The molecule has 2 fully saturated rings. The molecule has 0 bridgehead atoms. The molecule has 0 radical (unpaired) electrons. The zero-order valence-electron chi connectivity index (χ0n) is 13.9. The molecule has 23 heavy (non-hydrogen) atoms. The van der Waals surface area contributed by atoms with E-state index >= 15 is 0 Å². The fraction of sp³-hybridized carbons (Fsp3) is 0.684. The molecule has 2 heterocycles. The Morgan fingerprint density at radius 1 is 1.13 bits per heavy atom. The van der Waals surface area contributed by atoms with Crippen molar-refractivity contribution in [2.75, 3.05) is 32.8 Å². The van der Waals surface area contributed by atoms with Gasteiger partial charge in [0.2, 0.25) is 0 Å². The van der Waals surface area contributed by atoms with Crippen LogP contribution in [0.15, 0.2) is 30.3 Å². The number of rotatable bonds is 6. The van der Waals surface area contributed by atoms with Crippen molar-refractivity contribution in [2.24, 2.45) is 0 Å². The molecule has 2 atom stereocenters. The van der Waals surface area contributed by atoms with Crippen molar-refractivity contribution in [1.82, 2.24) is 4.90 Å². The molecule has 4 heteroatoms. The van der Waals surface area contributed by atoms with Gasteiger partial charge in [0, 0.05) is 26.2 Å². The highest BCUT2D eigenvalue weighted by Gasteiger charge is 2.23. The molecule has 0 amide bonds. The van der Waals surface area contributed by atoms with Gasteiger partial charge in [0.25, 0.3) is 0 Å². The highest BCUT2D eigenvalue weighted by atomic mass is 16.5. The van der Waals surface area contributed by atoms with Gasteiger partial charge in [-0.2, -0.15) is 0 Å². The van der Waals surface area contributed by atoms with Crippen molar-refractivity contribution in [1.29, 1.82) is 0 Å². The third kappa shape index (κ3) is 5.28. The normalized spacial score (nSPS) is 25.3. The van der Waals surface area contributed by atoms with Gasteiger partial charge in [-0.1, -0.05) is 30.3 Å². The van der Waals surface area contributed by atoms with E-state index in [2.05, 4.69) is 4.90 Å². The van der Waals surface area contributed by atoms with Gasteiger partial charge >= 0.3 is 0 Å². The molecule has 1 N–H and O–H groups in total. The van der Waals surface area contributed by atoms with E-state index < -0.39 is 6.10 Å². The van der Waals surface area contributed by atoms with E-state index in [1.54, 1.807) is 0 Å². The lowest BCUT2D eigenvalue weighted by molar-refractivity contribution is -0.0764. The molecule has 2 aliphatic heterocycles. The summed E-state index contributed by atoms with van der Waals surface area (Å²) in [6.07, 6.45) is 5.96. The fourth-order valence-corrected chi connectivity index (χ4v) is 3.47. The zero-order valence-corrected chi connectivity index (χ0v) is 13.9. The first kappa shape index (κ1) is 16.9. The van der Waals surface area contributed by atoms with E-state index in [1.165, 1.54) is 12.8 Å². The summed E-state index contributed by atoms with van der Waals surface area (Å²) in [5.74, 6) is 0. The SMILES string of the molecule is OC(CN1CCC(OCC2CCCCO2)CC1)c1ccccc1. The van der Waals surface area contributed by atoms with Crippen LogP contribution in [0.1, 0.15) is 43.8 Å². The van der Waals surface area contributed by atoms with Crippen molar-refractivity contribution in [3.05, 3.63) is 35.9 Å². The Labute approximate surface area is 139 Å². The fourth-order valence-electron chi connectivity index (χ4n) is 3.47. The minimum atomic E-state index is -0.399. The number of piperidine rings is 1. The first-order chi connectivity index (χ1) is 11.3. The molecule has 1 aromatic rings. The maximum absolute atomic E-state index is 10.3. The van der Waals surface area contributed by atoms with Crippen LogP contribution in [-0.2, 0) is 9.47 Å². The van der Waals surface area contributed by atoms with Gasteiger partial charge in [-0.15, -0.1) is 0 Å². The first-order valence-corrected chi connectivity index (χ1v) is 9.00. The maximum atomic E-state index is 10.3. The van der Waals surface area contributed by atoms with E-state index in [4.69, 9.17) is 9.47 Å². The summed E-state index contributed by atoms with van der Waals surface area (Å²) < 4.78 is 11.8. The lowest BCUT2D eigenvalue weighted by atomic mass is 10.0. The van der Waals surface area contributed by atoms with Gasteiger partial charge in [-0.25, -0.2) is 0 Å². The van der Waals surface area contributed by atoms with E-state index in [9.17, 15) is 5.11 Å². The van der Waals surface area contributed by atoms with E-state index in [1.807, 2.05) is 30.3 Å². The van der Waals surface area contributed by atoms with Crippen molar-refractivity contribution in [3.8, 4) is 0 Å². The number of aliphatic hydroxyl groups excluding tert-OH is 1. The van der Waals surface area contributed by atoms with Crippen LogP contribution >= 0.6 is 0 Å². The predicted molar refractivity (Wildman–Crippen MR) is 90.4 cm³/mol. The molecule has 1 aromatic carbocycles. The highest BCUT2D eigenvalue weighted by molar-refractivity contribution is 5.17. The smallest absolute Gasteiger partial charge is 0.0916 e. The Morgan fingerprint density at radius 3 is 2.61 bits per heavy atom. The third-order valence-corrected chi connectivity index (χ3v) is 4.94. The van der Waals surface area contributed by atoms with Gasteiger partial charge in [0.1, 0.15) is 0 Å². The summed E-state index contributed by atoms with van der Waals surface area (Å²) in [4.78, 5) is 2.34. The molecule has 2 aliphatic rings. The van der Waals surface area contributed by atoms with Crippen LogP contribution < -0.4 is 0 Å². The third-order valence-electron chi connectivity index (χ3n) is 4.94. The second-order valence-corrected chi connectivity index (χ2v) is 6.75. The summed E-state index contributed by atoms with van der Waals surface area (Å²) in [5, 5.41) is 10.3. The van der Waals surface area contributed by atoms with E-state index in [-0.39, 0.29) is 0 Å². The number of hydrogen-bond acceptors (Lipinski definition) is 4. The average molecular weight is 319 g/mol. The number of benzene rings is 1. The summed E-state index contributed by atoms with van der Waals surface area (Å²) in [5.41, 5.74) is 1.00. The Balaban J connectivity index is 1.35. The van der Waals surface area contributed by atoms with Crippen LogP contribution in [0.25, 0.3) is 0 Å². The van der Waals surface area contributed by atoms with E-state index in [0.29, 0.717) is 18.8 Å². The molecule has 0 saturated carbocycles. The van der Waals surface area contributed by atoms with Crippen LogP contribution in [0.5, 0.6) is 0 Å². The molecule has 0 aliphatic carbocycles. The second-order valence-electron chi connectivity index (χ2n) is 6.75. The van der Waals surface area contributed by atoms with Gasteiger partial charge in [-0.05, 0) is 37.7 Å². The lowest BCUT2D eigenvalue weighted by Crippen LogP contribution is -2.40. The largest absolute Gasteiger partial charge is 0.387 e.